The van der Waals surface area contributed by atoms with Crippen molar-refractivity contribution in [2.75, 3.05) is 13.1 Å². The van der Waals surface area contributed by atoms with E-state index >= 15 is 0 Å². The number of amides is 2. The van der Waals surface area contributed by atoms with Gasteiger partial charge in [0, 0.05) is 44.2 Å². The predicted molar refractivity (Wildman–Crippen MR) is 110 cm³/mol. The van der Waals surface area contributed by atoms with Gasteiger partial charge in [-0.25, -0.2) is 4.98 Å². The van der Waals surface area contributed by atoms with Gasteiger partial charge < -0.3 is 19.6 Å². The summed E-state index contributed by atoms with van der Waals surface area (Å²) in [5.74, 6) is 0.811. The summed E-state index contributed by atoms with van der Waals surface area (Å²) >= 11 is 0. The van der Waals surface area contributed by atoms with Gasteiger partial charge in [0.15, 0.2) is 0 Å². The van der Waals surface area contributed by atoms with Crippen LogP contribution in [0, 0.1) is 0 Å². The maximum absolute atomic E-state index is 12.6. The van der Waals surface area contributed by atoms with Crippen LogP contribution in [0.3, 0.4) is 0 Å². The number of benzene rings is 1. The lowest BCUT2D eigenvalue weighted by Crippen LogP contribution is -2.58. The number of aromatic nitrogens is 4. The molecule has 2 aromatic heterocycles. The van der Waals surface area contributed by atoms with Crippen molar-refractivity contribution in [3.05, 3.63) is 54.4 Å². The van der Waals surface area contributed by atoms with Gasteiger partial charge in [-0.05, 0) is 18.6 Å². The highest BCUT2D eigenvalue weighted by Gasteiger charge is 2.44. The van der Waals surface area contributed by atoms with Crippen molar-refractivity contribution in [2.24, 2.45) is 7.05 Å². The lowest BCUT2D eigenvalue weighted by Gasteiger charge is -2.36. The molecule has 10 heteroatoms. The van der Waals surface area contributed by atoms with E-state index < -0.39 is 0 Å². The summed E-state index contributed by atoms with van der Waals surface area (Å²) in [6.07, 6.45) is 4.21. The minimum Gasteiger partial charge on any atom is -0.421 e. The van der Waals surface area contributed by atoms with Crippen LogP contribution < -0.4 is 10.6 Å². The summed E-state index contributed by atoms with van der Waals surface area (Å²) in [4.78, 5) is 31.1. The Labute approximate surface area is 178 Å². The molecule has 5 rings (SSSR count). The van der Waals surface area contributed by atoms with Crippen molar-refractivity contribution in [3.63, 3.8) is 0 Å². The van der Waals surface area contributed by atoms with Crippen LogP contribution in [0.5, 0.6) is 0 Å². The maximum Gasteiger partial charge on any atom is 0.269 e. The third kappa shape index (κ3) is 3.81. The second-order valence-electron chi connectivity index (χ2n) is 7.98. The predicted octanol–water partition coefficient (Wildman–Crippen LogP) is 0.384. The summed E-state index contributed by atoms with van der Waals surface area (Å²) in [5.41, 5.74) is 1.36. The molecule has 0 radical (unpaired) electrons. The van der Waals surface area contributed by atoms with Crippen LogP contribution >= 0.6 is 0 Å². The van der Waals surface area contributed by atoms with Crippen LogP contribution in [-0.2, 0) is 18.3 Å². The molecule has 0 aliphatic carbocycles. The van der Waals surface area contributed by atoms with E-state index in [-0.39, 0.29) is 29.9 Å². The monoisotopic (exact) mass is 421 g/mol. The van der Waals surface area contributed by atoms with Crippen molar-refractivity contribution >= 4 is 11.8 Å². The molecule has 2 aliphatic heterocycles. The van der Waals surface area contributed by atoms with Crippen molar-refractivity contribution in [2.45, 2.75) is 31.0 Å². The Morgan fingerprint density at radius 3 is 2.90 bits per heavy atom. The average Bonchev–Trinajstić information content (AvgIpc) is 3.51. The molecule has 3 atom stereocenters. The van der Waals surface area contributed by atoms with Crippen LogP contribution in [0.1, 0.15) is 22.8 Å². The number of carbonyl (C=O) groups is 2. The van der Waals surface area contributed by atoms with Crippen molar-refractivity contribution in [1.82, 2.24) is 35.3 Å². The van der Waals surface area contributed by atoms with E-state index in [2.05, 4.69) is 30.7 Å². The first-order valence-electron chi connectivity index (χ1n) is 10.3. The van der Waals surface area contributed by atoms with E-state index in [4.69, 9.17) is 4.42 Å². The molecule has 10 nitrogen and oxygen atoms in total. The maximum atomic E-state index is 12.6. The van der Waals surface area contributed by atoms with Gasteiger partial charge in [0.2, 0.25) is 17.7 Å². The molecule has 160 valence electrons. The zero-order valence-electron chi connectivity index (χ0n) is 17.1. The van der Waals surface area contributed by atoms with E-state index in [0.717, 1.165) is 5.56 Å². The summed E-state index contributed by atoms with van der Waals surface area (Å²) < 4.78 is 7.53. The number of imidazole rings is 1. The highest BCUT2D eigenvalue weighted by molar-refractivity contribution is 5.92. The van der Waals surface area contributed by atoms with Crippen LogP contribution in [-0.4, -0.2) is 67.7 Å². The Hall–Kier alpha value is -3.53. The zero-order valence-corrected chi connectivity index (χ0v) is 17.1. The summed E-state index contributed by atoms with van der Waals surface area (Å²) in [5, 5.41) is 14.4. The van der Waals surface area contributed by atoms with Crippen LogP contribution in [0.15, 0.2) is 47.3 Å². The second-order valence-corrected chi connectivity index (χ2v) is 7.98. The first kappa shape index (κ1) is 19.4. The first-order valence-corrected chi connectivity index (χ1v) is 10.3. The van der Waals surface area contributed by atoms with Crippen molar-refractivity contribution in [3.8, 4) is 11.5 Å². The fourth-order valence-electron chi connectivity index (χ4n) is 4.34. The number of fused-ring (bicyclic) bond motifs is 1. The number of piperazine rings is 1. The molecule has 2 fully saturated rings. The second kappa shape index (κ2) is 7.95. The van der Waals surface area contributed by atoms with Gasteiger partial charge in [-0.1, -0.05) is 18.2 Å². The van der Waals surface area contributed by atoms with E-state index in [1.165, 1.54) is 6.20 Å². The third-order valence-corrected chi connectivity index (χ3v) is 5.91. The molecule has 4 heterocycles. The Bertz CT molecular complexity index is 1090. The number of carbonyl (C=O) groups excluding carboxylic acids is 2. The smallest absolute Gasteiger partial charge is 0.269 e. The summed E-state index contributed by atoms with van der Waals surface area (Å²) in [6.45, 7) is 1.09. The Morgan fingerprint density at radius 1 is 1.29 bits per heavy atom. The number of nitrogens with one attached hydrogen (secondary N) is 2. The van der Waals surface area contributed by atoms with Gasteiger partial charge in [0.1, 0.15) is 5.69 Å². The van der Waals surface area contributed by atoms with Crippen LogP contribution in [0.4, 0.5) is 0 Å². The minimum atomic E-state index is -0.285. The quantitative estimate of drug-likeness (QED) is 0.612. The topological polar surface area (TPSA) is 118 Å². The van der Waals surface area contributed by atoms with Gasteiger partial charge in [0.05, 0.1) is 18.6 Å². The number of nitrogens with zero attached hydrogens (tertiary/aromatic N) is 5. The molecule has 0 saturated carbocycles. The molecule has 2 amide bonds. The third-order valence-electron chi connectivity index (χ3n) is 5.91. The molecule has 3 aromatic rings. The lowest BCUT2D eigenvalue weighted by molar-refractivity contribution is -0.129. The minimum absolute atomic E-state index is 0.0102. The normalized spacial score (nSPS) is 23.4. The fourth-order valence-corrected chi connectivity index (χ4v) is 4.34. The highest BCUT2D eigenvalue weighted by Crippen LogP contribution is 2.26. The average molecular weight is 421 g/mol. The molecule has 2 aliphatic rings. The van der Waals surface area contributed by atoms with Gasteiger partial charge >= 0.3 is 0 Å². The molecular formula is C21H23N7O3. The zero-order chi connectivity index (χ0) is 21.4. The first-order chi connectivity index (χ1) is 15.1. The number of hydrogen-bond donors (Lipinski definition) is 2. The lowest BCUT2D eigenvalue weighted by atomic mass is 10.1. The van der Waals surface area contributed by atoms with Crippen molar-refractivity contribution < 1.29 is 14.0 Å². The van der Waals surface area contributed by atoms with Crippen LogP contribution in [0.2, 0.25) is 0 Å². The van der Waals surface area contributed by atoms with Crippen molar-refractivity contribution in [1.29, 1.82) is 0 Å². The molecule has 31 heavy (non-hydrogen) atoms. The van der Waals surface area contributed by atoms with Gasteiger partial charge in [-0.2, -0.15) is 0 Å². The van der Waals surface area contributed by atoms with E-state index in [1.54, 1.807) is 17.9 Å². The van der Waals surface area contributed by atoms with Gasteiger partial charge in [-0.3, -0.25) is 14.5 Å². The van der Waals surface area contributed by atoms with Crippen LogP contribution in [0.25, 0.3) is 11.5 Å². The Balaban J connectivity index is 1.27. The highest BCUT2D eigenvalue weighted by atomic mass is 16.4. The Kier molecular flexibility index (Phi) is 4.99. The SMILES string of the molecule is Cn1cncc1C(=O)N[C@H]1C[C@H]2C(=O)NC[C@@H](Cc3nnc(-c4ccccc4)o3)N2C1. The molecule has 1 aromatic carbocycles. The summed E-state index contributed by atoms with van der Waals surface area (Å²) in [7, 11) is 1.78. The molecule has 2 N–H and O–H groups in total. The molecular weight excluding hydrogens is 398 g/mol. The summed E-state index contributed by atoms with van der Waals surface area (Å²) in [6, 6.07) is 9.23. The molecule has 0 bridgehead atoms. The largest absolute Gasteiger partial charge is 0.421 e. The van der Waals surface area contributed by atoms with E-state index in [9.17, 15) is 9.59 Å². The molecule has 0 unspecified atom stereocenters. The number of hydrogen-bond acceptors (Lipinski definition) is 7. The van der Waals surface area contributed by atoms with E-state index in [0.29, 0.717) is 43.4 Å². The molecule has 2 saturated heterocycles. The Morgan fingerprint density at radius 2 is 2.13 bits per heavy atom. The van der Waals surface area contributed by atoms with E-state index in [1.807, 2.05) is 30.3 Å². The number of aryl methyl sites for hydroxylation is 1. The fraction of sp³-hybridized carbons (Fsp3) is 0.381. The standard InChI is InChI=1S/C21H23N7O3/c1-27-12-22-10-17(27)20(30)24-14-7-16-19(29)23-9-15(28(16)11-14)8-18-25-26-21(31-18)13-5-3-2-4-6-13/h2-6,10,12,14-16H,7-9,11H2,1H3,(H,23,29)(H,24,30)/t14-,15+,16-/m0/s1. The van der Waals surface area contributed by atoms with Gasteiger partial charge in [0.25, 0.3) is 5.91 Å². The molecule has 0 spiro atoms. The van der Waals surface area contributed by atoms with Gasteiger partial charge in [-0.15, -0.1) is 10.2 Å². The number of rotatable bonds is 5.